The minimum atomic E-state index is 0.194. The van der Waals surface area contributed by atoms with Crippen LogP contribution in [-0.4, -0.2) is 4.57 Å². The summed E-state index contributed by atoms with van der Waals surface area (Å²) >= 11 is 0. The van der Waals surface area contributed by atoms with Crippen molar-refractivity contribution in [3.63, 3.8) is 0 Å². The predicted molar refractivity (Wildman–Crippen MR) is 82.4 cm³/mol. The maximum absolute atomic E-state index is 6.41. The highest BCUT2D eigenvalue weighted by Gasteiger charge is 2.36. The Morgan fingerprint density at radius 3 is 2.63 bits per heavy atom. The van der Waals surface area contributed by atoms with E-state index in [9.17, 15) is 0 Å². The van der Waals surface area contributed by atoms with Gasteiger partial charge in [0.15, 0.2) is 0 Å². The van der Waals surface area contributed by atoms with Gasteiger partial charge in [-0.1, -0.05) is 27.2 Å². The molecule has 108 valence electrons. The molecule has 1 atom stereocenters. The van der Waals surface area contributed by atoms with E-state index in [-0.39, 0.29) is 11.6 Å². The second-order valence-corrected chi connectivity index (χ2v) is 7.74. The number of hydrogen-bond acceptors (Lipinski definition) is 1. The standard InChI is InChI=1S/C17H30N2/c1-7-8-17(5,6)19-12(2)9-13-14(18)10-16(3,4)11-15(13)19/h9,14H,7-8,10-11,18H2,1-6H3. The summed E-state index contributed by atoms with van der Waals surface area (Å²) in [5, 5.41) is 0. The fraction of sp³-hybridized carbons (Fsp3) is 0.765. The van der Waals surface area contributed by atoms with E-state index in [1.165, 1.54) is 29.8 Å². The van der Waals surface area contributed by atoms with Crippen LogP contribution >= 0.6 is 0 Å². The number of aromatic nitrogens is 1. The lowest BCUT2D eigenvalue weighted by atomic mass is 9.74. The van der Waals surface area contributed by atoms with Crippen LogP contribution in [0.2, 0.25) is 0 Å². The summed E-state index contributed by atoms with van der Waals surface area (Å²) in [6, 6.07) is 2.53. The van der Waals surface area contributed by atoms with E-state index in [1.807, 2.05) is 0 Å². The van der Waals surface area contributed by atoms with Crippen LogP contribution in [0.5, 0.6) is 0 Å². The zero-order valence-corrected chi connectivity index (χ0v) is 13.5. The monoisotopic (exact) mass is 262 g/mol. The van der Waals surface area contributed by atoms with Gasteiger partial charge in [0.25, 0.3) is 0 Å². The number of aryl methyl sites for hydroxylation is 1. The molecule has 1 aromatic heterocycles. The Morgan fingerprint density at radius 2 is 2.05 bits per heavy atom. The summed E-state index contributed by atoms with van der Waals surface area (Å²) < 4.78 is 2.56. The Balaban J connectivity index is 2.53. The van der Waals surface area contributed by atoms with Crippen molar-refractivity contribution >= 4 is 0 Å². The van der Waals surface area contributed by atoms with Gasteiger partial charge in [-0.2, -0.15) is 0 Å². The lowest BCUT2D eigenvalue weighted by Crippen LogP contribution is -2.35. The molecule has 2 heteroatoms. The number of nitrogens with zero attached hydrogens (tertiary/aromatic N) is 1. The molecule has 1 aliphatic carbocycles. The molecular formula is C17H30N2. The normalized spacial score (nSPS) is 22.4. The molecule has 0 saturated carbocycles. The van der Waals surface area contributed by atoms with Crippen LogP contribution in [-0.2, 0) is 12.0 Å². The van der Waals surface area contributed by atoms with Gasteiger partial charge in [0.1, 0.15) is 0 Å². The molecule has 2 N–H and O–H groups in total. The van der Waals surface area contributed by atoms with E-state index >= 15 is 0 Å². The molecule has 1 aromatic rings. The summed E-state index contributed by atoms with van der Waals surface area (Å²) in [6.45, 7) is 13.9. The first-order valence-corrected chi connectivity index (χ1v) is 7.65. The number of nitrogens with two attached hydrogens (primary N) is 1. The van der Waals surface area contributed by atoms with Crippen molar-refractivity contribution in [2.45, 2.75) is 78.8 Å². The van der Waals surface area contributed by atoms with E-state index in [0.29, 0.717) is 5.41 Å². The van der Waals surface area contributed by atoms with Gasteiger partial charge in [0.05, 0.1) is 0 Å². The van der Waals surface area contributed by atoms with Gasteiger partial charge in [0, 0.05) is 23.0 Å². The molecule has 0 fully saturated rings. The van der Waals surface area contributed by atoms with Crippen molar-refractivity contribution in [2.24, 2.45) is 11.1 Å². The first kappa shape index (κ1) is 14.6. The average Bonchev–Trinajstić information content (AvgIpc) is 2.53. The van der Waals surface area contributed by atoms with Crippen molar-refractivity contribution in [3.8, 4) is 0 Å². The Kier molecular flexibility index (Phi) is 3.59. The Morgan fingerprint density at radius 1 is 1.42 bits per heavy atom. The molecule has 1 heterocycles. The second-order valence-electron chi connectivity index (χ2n) is 7.74. The van der Waals surface area contributed by atoms with Gasteiger partial charge in [-0.05, 0) is 57.1 Å². The zero-order valence-electron chi connectivity index (χ0n) is 13.5. The van der Waals surface area contributed by atoms with Crippen LogP contribution in [0, 0.1) is 12.3 Å². The molecule has 0 aliphatic heterocycles. The summed E-state index contributed by atoms with van der Waals surface area (Å²) in [6.07, 6.45) is 4.67. The van der Waals surface area contributed by atoms with Gasteiger partial charge in [0.2, 0.25) is 0 Å². The zero-order chi connectivity index (χ0) is 14.4. The van der Waals surface area contributed by atoms with Crippen molar-refractivity contribution in [3.05, 3.63) is 23.0 Å². The minimum Gasteiger partial charge on any atom is -0.343 e. The molecule has 2 nitrogen and oxygen atoms in total. The maximum Gasteiger partial charge on any atom is 0.0388 e. The largest absolute Gasteiger partial charge is 0.343 e. The van der Waals surface area contributed by atoms with Crippen LogP contribution in [0.3, 0.4) is 0 Å². The molecule has 0 saturated heterocycles. The molecule has 0 aromatic carbocycles. The Bertz CT molecular complexity index is 466. The summed E-state index contributed by atoms with van der Waals surface area (Å²) in [5.41, 5.74) is 11.2. The van der Waals surface area contributed by atoms with E-state index in [4.69, 9.17) is 5.73 Å². The van der Waals surface area contributed by atoms with E-state index in [1.54, 1.807) is 0 Å². The van der Waals surface area contributed by atoms with Crippen molar-refractivity contribution < 1.29 is 0 Å². The SMILES string of the molecule is CCCC(C)(C)n1c(C)cc2c1CC(C)(C)CC2N. The molecule has 0 spiro atoms. The highest BCUT2D eigenvalue weighted by Crippen LogP contribution is 2.43. The van der Waals surface area contributed by atoms with Crippen molar-refractivity contribution in [1.82, 2.24) is 4.57 Å². The highest BCUT2D eigenvalue weighted by molar-refractivity contribution is 5.35. The molecule has 19 heavy (non-hydrogen) atoms. The van der Waals surface area contributed by atoms with E-state index in [0.717, 1.165) is 12.8 Å². The maximum atomic E-state index is 6.41. The quantitative estimate of drug-likeness (QED) is 0.865. The van der Waals surface area contributed by atoms with Gasteiger partial charge in [-0.3, -0.25) is 0 Å². The fourth-order valence-corrected chi connectivity index (χ4v) is 4.01. The topological polar surface area (TPSA) is 30.9 Å². The first-order valence-electron chi connectivity index (χ1n) is 7.65. The van der Waals surface area contributed by atoms with Crippen molar-refractivity contribution in [2.75, 3.05) is 0 Å². The second kappa shape index (κ2) is 4.66. The predicted octanol–water partition coefficient (Wildman–Crippen LogP) is 4.30. The molecule has 1 aliphatic rings. The lowest BCUT2D eigenvalue weighted by Gasteiger charge is -2.38. The summed E-state index contributed by atoms with van der Waals surface area (Å²) in [4.78, 5) is 0. The Labute approximate surface area is 118 Å². The number of rotatable bonds is 3. The van der Waals surface area contributed by atoms with Crippen LogP contribution < -0.4 is 5.73 Å². The lowest BCUT2D eigenvalue weighted by molar-refractivity contribution is 0.250. The third-order valence-electron chi connectivity index (χ3n) is 4.61. The van der Waals surface area contributed by atoms with Crippen LogP contribution in [0.25, 0.3) is 0 Å². The third kappa shape index (κ3) is 2.60. The average molecular weight is 262 g/mol. The van der Waals surface area contributed by atoms with E-state index < -0.39 is 0 Å². The highest BCUT2D eigenvalue weighted by atomic mass is 15.1. The molecule has 0 amide bonds. The Hall–Kier alpha value is -0.760. The fourth-order valence-electron chi connectivity index (χ4n) is 4.01. The van der Waals surface area contributed by atoms with Gasteiger partial charge < -0.3 is 10.3 Å². The summed E-state index contributed by atoms with van der Waals surface area (Å²) in [5.74, 6) is 0. The molecule has 0 bridgehead atoms. The molecule has 2 rings (SSSR count). The van der Waals surface area contributed by atoms with Gasteiger partial charge in [-0.25, -0.2) is 0 Å². The van der Waals surface area contributed by atoms with Crippen LogP contribution in [0.4, 0.5) is 0 Å². The molecule has 1 unspecified atom stereocenters. The van der Waals surface area contributed by atoms with Crippen LogP contribution in [0.15, 0.2) is 6.07 Å². The third-order valence-corrected chi connectivity index (χ3v) is 4.61. The van der Waals surface area contributed by atoms with Crippen molar-refractivity contribution in [1.29, 1.82) is 0 Å². The minimum absolute atomic E-state index is 0.194. The van der Waals surface area contributed by atoms with Crippen LogP contribution in [0.1, 0.15) is 76.9 Å². The number of fused-ring (bicyclic) bond motifs is 1. The number of hydrogen-bond donors (Lipinski definition) is 1. The molecule has 0 radical (unpaired) electrons. The van der Waals surface area contributed by atoms with E-state index in [2.05, 4.69) is 52.2 Å². The molecular weight excluding hydrogens is 232 g/mol. The summed E-state index contributed by atoms with van der Waals surface area (Å²) in [7, 11) is 0. The first-order chi connectivity index (χ1) is 8.68. The van der Waals surface area contributed by atoms with Gasteiger partial charge >= 0.3 is 0 Å². The van der Waals surface area contributed by atoms with Gasteiger partial charge in [-0.15, -0.1) is 0 Å². The smallest absolute Gasteiger partial charge is 0.0388 e.